The zero-order chi connectivity index (χ0) is 33.3. The number of hydrogen-bond acceptors (Lipinski definition) is 5. The zero-order valence-electron chi connectivity index (χ0n) is 27.1. The van der Waals surface area contributed by atoms with Gasteiger partial charge in [0.25, 0.3) is 0 Å². The Morgan fingerprint density at radius 1 is 0.440 bits per heavy atom. The summed E-state index contributed by atoms with van der Waals surface area (Å²) in [5, 5.41) is 8.65. The predicted octanol–water partition coefficient (Wildman–Crippen LogP) is 12.1. The van der Waals surface area contributed by atoms with E-state index in [-0.39, 0.29) is 0 Å². The number of ether oxygens (including phenoxy) is 1. The monoisotopic (exact) mass is 645 g/mol. The average molecular weight is 646 g/mol. The van der Waals surface area contributed by atoms with Crippen molar-refractivity contribution in [2.75, 3.05) is 4.90 Å². The van der Waals surface area contributed by atoms with E-state index in [2.05, 4.69) is 124 Å². The molecule has 0 fully saturated rings. The summed E-state index contributed by atoms with van der Waals surface area (Å²) in [5.74, 6) is 2.72. The first-order chi connectivity index (χ1) is 24.8. The van der Waals surface area contributed by atoms with Crippen molar-refractivity contribution in [3.8, 4) is 45.2 Å². The minimum Gasteiger partial charge on any atom is -0.453 e. The lowest BCUT2D eigenvalue weighted by Gasteiger charge is -2.32. The quantitative estimate of drug-likeness (QED) is 0.180. The van der Waals surface area contributed by atoms with Crippen LogP contribution in [0, 0.1) is 0 Å². The Hall–Kier alpha value is -6.72. The van der Waals surface area contributed by atoms with Gasteiger partial charge in [-0.15, -0.1) is 10.2 Å². The van der Waals surface area contributed by atoms with E-state index < -0.39 is 0 Å². The van der Waals surface area contributed by atoms with Crippen LogP contribution < -0.4 is 9.64 Å². The van der Waals surface area contributed by atoms with Gasteiger partial charge in [0.05, 0.1) is 11.4 Å². The lowest BCUT2D eigenvalue weighted by Crippen LogP contribution is -2.15. The van der Waals surface area contributed by atoms with Gasteiger partial charge in [-0.3, -0.25) is 0 Å². The number of para-hydroxylation sites is 4. The predicted molar refractivity (Wildman–Crippen MR) is 202 cm³/mol. The first-order valence-electron chi connectivity index (χ1n) is 16.7. The molecule has 6 aromatic carbocycles. The van der Waals surface area contributed by atoms with Crippen molar-refractivity contribution in [3.05, 3.63) is 187 Å². The Morgan fingerprint density at radius 3 is 1.70 bits per heavy atom. The highest BCUT2D eigenvalue weighted by Gasteiger charge is 2.25. The molecule has 238 valence electrons. The van der Waals surface area contributed by atoms with E-state index in [9.17, 15) is 0 Å². The molecule has 0 saturated heterocycles. The largest absolute Gasteiger partial charge is 0.453 e. The standard InChI is InChI=1S/C45H31N3O2/c1-2-13-33(14-3-1)44-46-47-45(50-44)34-16-12-15-31(25-26-34)36-17-4-6-19-38(36)39-20-7-5-18-37(39)32-27-29-35(30-28-32)48-40-21-8-10-23-42(40)49-43-24-11-9-22-41(43)48/h1-11,13-30H,12H2. The van der Waals surface area contributed by atoms with Crippen LogP contribution >= 0.6 is 0 Å². The summed E-state index contributed by atoms with van der Waals surface area (Å²) < 4.78 is 12.3. The van der Waals surface area contributed by atoms with Crippen LogP contribution in [0.1, 0.15) is 17.9 Å². The molecule has 9 rings (SSSR count). The second-order valence-electron chi connectivity index (χ2n) is 12.2. The highest BCUT2D eigenvalue weighted by atomic mass is 16.5. The van der Waals surface area contributed by atoms with Gasteiger partial charge in [0.2, 0.25) is 11.8 Å². The molecule has 0 unspecified atom stereocenters. The van der Waals surface area contributed by atoms with Gasteiger partial charge in [-0.25, -0.2) is 0 Å². The minimum absolute atomic E-state index is 0.515. The molecule has 0 bridgehead atoms. The number of anilines is 3. The fourth-order valence-corrected chi connectivity index (χ4v) is 6.74. The van der Waals surface area contributed by atoms with Crippen LogP contribution in [0.25, 0.3) is 44.9 Å². The van der Waals surface area contributed by atoms with Crippen LogP contribution in [-0.2, 0) is 0 Å². The molecular weight excluding hydrogens is 615 g/mol. The van der Waals surface area contributed by atoms with Crippen LogP contribution in [0.2, 0.25) is 0 Å². The third-order valence-corrected chi connectivity index (χ3v) is 9.13. The minimum atomic E-state index is 0.515. The normalized spacial score (nSPS) is 13.4. The molecule has 1 aliphatic heterocycles. The van der Waals surface area contributed by atoms with Crippen molar-refractivity contribution in [3.63, 3.8) is 0 Å². The molecule has 5 nitrogen and oxygen atoms in total. The maximum Gasteiger partial charge on any atom is 0.248 e. The third kappa shape index (κ3) is 5.41. The lowest BCUT2D eigenvalue weighted by atomic mass is 9.89. The summed E-state index contributed by atoms with van der Waals surface area (Å²) in [4.78, 5) is 2.27. The molecule has 2 heterocycles. The Kier molecular flexibility index (Phi) is 7.48. The summed E-state index contributed by atoms with van der Waals surface area (Å²) in [7, 11) is 0. The van der Waals surface area contributed by atoms with Crippen LogP contribution in [0.5, 0.6) is 11.5 Å². The van der Waals surface area contributed by atoms with E-state index in [0.29, 0.717) is 11.8 Å². The molecule has 0 N–H and O–H groups in total. The molecule has 7 aromatic rings. The molecule has 0 amide bonds. The van der Waals surface area contributed by atoms with Crippen molar-refractivity contribution < 1.29 is 9.15 Å². The van der Waals surface area contributed by atoms with Gasteiger partial charge in [0.15, 0.2) is 11.5 Å². The Labute approximate surface area is 290 Å². The van der Waals surface area contributed by atoms with Gasteiger partial charge in [-0.2, -0.15) is 0 Å². The molecule has 0 spiro atoms. The van der Waals surface area contributed by atoms with E-state index >= 15 is 0 Å². The summed E-state index contributed by atoms with van der Waals surface area (Å²) in [5.41, 5.74) is 11.9. The number of allylic oxidation sites excluding steroid dienone is 6. The first-order valence-corrected chi connectivity index (χ1v) is 16.7. The van der Waals surface area contributed by atoms with Gasteiger partial charge in [0.1, 0.15) is 0 Å². The van der Waals surface area contributed by atoms with Crippen LogP contribution in [0.3, 0.4) is 0 Å². The zero-order valence-corrected chi connectivity index (χ0v) is 27.1. The number of nitrogens with zero attached hydrogens (tertiary/aromatic N) is 3. The molecule has 0 atom stereocenters. The van der Waals surface area contributed by atoms with Crippen LogP contribution in [0.15, 0.2) is 180 Å². The molecule has 2 aliphatic rings. The summed E-state index contributed by atoms with van der Waals surface area (Å²) in [6.07, 6.45) is 9.36. The molecule has 50 heavy (non-hydrogen) atoms. The molecule has 1 aromatic heterocycles. The number of benzene rings is 6. The van der Waals surface area contributed by atoms with Gasteiger partial charge in [-0.05, 0) is 94.4 Å². The van der Waals surface area contributed by atoms with Crippen molar-refractivity contribution in [2.24, 2.45) is 0 Å². The second-order valence-corrected chi connectivity index (χ2v) is 12.2. The Bertz CT molecular complexity index is 2390. The lowest BCUT2D eigenvalue weighted by molar-refractivity contribution is 0.477. The molecule has 0 radical (unpaired) electrons. The van der Waals surface area contributed by atoms with Crippen LogP contribution in [0.4, 0.5) is 17.1 Å². The summed E-state index contributed by atoms with van der Waals surface area (Å²) in [6, 6.07) is 52.3. The van der Waals surface area contributed by atoms with E-state index in [1.165, 1.54) is 22.3 Å². The van der Waals surface area contributed by atoms with Crippen molar-refractivity contribution in [1.29, 1.82) is 0 Å². The van der Waals surface area contributed by atoms with E-state index in [1.54, 1.807) is 0 Å². The topological polar surface area (TPSA) is 51.4 Å². The van der Waals surface area contributed by atoms with Gasteiger partial charge >= 0.3 is 0 Å². The maximum atomic E-state index is 6.24. The van der Waals surface area contributed by atoms with Crippen molar-refractivity contribution >= 4 is 28.2 Å². The number of aromatic nitrogens is 2. The smallest absolute Gasteiger partial charge is 0.248 e. The number of hydrogen-bond donors (Lipinski definition) is 0. The molecule has 5 heteroatoms. The first kappa shape index (κ1) is 29.4. The fraction of sp³-hybridized carbons (Fsp3) is 0.0222. The van der Waals surface area contributed by atoms with E-state index in [0.717, 1.165) is 57.3 Å². The van der Waals surface area contributed by atoms with Gasteiger partial charge in [-0.1, -0.05) is 121 Å². The molecule has 1 aliphatic carbocycles. The van der Waals surface area contributed by atoms with Crippen LogP contribution in [-0.4, -0.2) is 10.2 Å². The average Bonchev–Trinajstić information content (AvgIpc) is 3.55. The van der Waals surface area contributed by atoms with E-state index in [1.807, 2.05) is 66.7 Å². The summed E-state index contributed by atoms with van der Waals surface area (Å²) in [6.45, 7) is 0. The SMILES string of the molecule is C1=CC(c2ccccc2-c2ccccc2-c2ccc(N3c4ccccc4Oc4ccccc43)cc2)=CCC=C1c1nnc(-c2ccccc2)o1. The van der Waals surface area contributed by atoms with Gasteiger partial charge < -0.3 is 14.1 Å². The number of fused-ring (bicyclic) bond motifs is 2. The van der Waals surface area contributed by atoms with Crippen molar-refractivity contribution in [2.45, 2.75) is 6.42 Å². The van der Waals surface area contributed by atoms with Crippen molar-refractivity contribution in [1.82, 2.24) is 10.2 Å². The second kappa shape index (κ2) is 12.7. The Morgan fingerprint density at radius 2 is 0.980 bits per heavy atom. The van der Waals surface area contributed by atoms with Gasteiger partial charge in [0, 0.05) is 16.8 Å². The fourth-order valence-electron chi connectivity index (χ4n) is 6.74. The Balaban J connectivity index is 1.03. The molecule has 0 saturated carbocycles. The highest BCUT2D eigenvalue weighted by Crippen LogP contribution is 2.50. The highest BCUT2D eigenvalue weighted by molar-refractivity contribution is 5.94. The summed E-state index contributed by atoms with van der Waals surface area (Å²) >= 11 is 0. The van der Waals surface area contributed by atoms with E-state index in [4.69, 9.17) is 9.15 Å². The maximum absolute atomic E-state index is 6.24. The molecular formula is C45H31N3O2. The third-order valence-electron chi connectivity index (χ3n) is 9.13. The number of rotatable bonds is 6.